The van der Waals surface area contributed by atoms with Crippen molar-refractivity contribution in [3.05, 3.63) is 29.0 Å². The number of hydrogen-bond donors (Lipinski definition) is 1. The van der Waals surface area contributed by atoms with Gasteiger partial charge in [-0.25, -0.2) is 9.78 Å². The van der Waals surface area contributed by atoms with Gasteiger partial charge in [0, 0.05) is 39.5 Å². The largest absolute Gasteiger partial charge is 0.336 e. The number of rotatable bonds is 5. The number of aryl methyl sites for hydroxylation is 1. The molecule has 1 heterocycles. The highest BCUT2D eigenvalue weighted by Gasteiger charge is 2.13. The molecule has 0 aliphatic rings. The van der Waals surface area contributed by atoms with Crippen LogP contribution >= 0.6 is 23.2 Å². The molecular weight excluding hydrogens is 311 g/mol. The summed E-state index contributed by atoms with van der Waals surface area (Å²) >= 11 is 12.1. The zero-order chi connectivity index (χ0) is 15.4. The highest BCUT2D eigenvalue weighted by atomic mass is 35.5. The Hall–Kier alpha value is -1.46. The molecule has 1 aromatic carbocycles. The first-order chi connectivity index (χ1) is 10.0. The molecule has 0 bridgehead atoms. The number of alkyl halides is 1. The van der Waals surface area contributed by atoms with Gasteiger partial charge in [0.2, 0.25) is 0 Å². The van der Waals surface area contributed by atoms with Crippen LogP contribution in [-0.2, 0) is 13.0 Å². The number of halogens is 2. The van der Waals surface area contributed by atoms with Gasteiger partial charge < -0.3 is 14.8 Å². The summed E-state index contributed by atoms with van der Waals surface area (Å²) in [4.78, 5) is 17.6. The molecule has 0 unspecified atom stereocenters. The number of hydrogen-bond acceptors (Lipinski definition) is 2. The first-order valence-electron chi connectivity index (χ1n) is 6.69. The van der Waals surface area contributed by atoms with Crippen LogP contribution in [0.1, 0.15) is 5.82 Å². The monoisotopic (exact) mass is 328 g/mol. The van der Waals surface area contributed by atoms with Crippen LogP contribution in [0.4, 0.5) is 4.79 Å². The molecule has 0 aliphatic carbocycles. The van der Waals surface area contributed by atoms with E-state index in [4.69, 9.17) is 23.2 Å². The van der Waals surface area contributed by atoms with Crippen molar-refractivity contribution in [1.82, 2.24) is 19.8 Å². The first-order valence-corrected chi connectivity index (χ1v) is 7.60. The molecule has 0 radical (unpaired) electrons. The average Bonchev–Trinajstić information content (AvgIpc) is 2.78. The van der Waals surface area contributed by atoms with Crippen LogP contribution in [0.25, 0.3) is 11.0 Å². The third kappa shape index (κ3) is 3.60. The molecule has 21 heavy (non-hydrogen) atoms. The van der Waals surface area contributed by atoms with E-state index in [0.29, 0.717) is 30.4 Å². The molecule has 1 N–H and O–H groups in total. The number of amides is 2. The summed E-state index contributed by atoms with van der Waals surface area (Å²) in [6, 6.07) is 5.52. The minimum Gasteiger partial charge on any atom is -0.336 e. The van der Waals surface area contributed by atoms with Gasteiger partial charge in [-0.3, -0.25) is 0 Å². The minimum atomic E-state index is -0.121. The lowest BCUT2D eigenvalue weighted by Gasteiger charge is -2.14. The first kappa shape index (κ1) is 15.9. The molecule has 0 saturated carbocycles. The Balaban J connectivity index is 2.24. The average molecular weight is 329 g/mol. The second-order valence-electron chi connectivity index (χ2n) is 4.85. The second kappa shape index (κ2) is 7.00. The normalized spacial score (nSPS) is 10.9. The molecule has 2 aromatic rings. The van der Waals surface area contributed by atoms with E-state index >= 15 is 0 Å². The quantitative estimate of drug-likeness (QED) is 0.858. The molecule has 2 amide bonds. The maximum atomic E-state index is 11.6. The van der Waals surface area contributed by atoms with Crippen LogP contribution in [0, 0.1) is 0 Å². The zero-order valence-corrected chi connectivity index (χ0v) is 13.6. The highest BCUT2D eigenvalue weighted by Crippen LogP contribution is 2.24. The van der Waals surface area contributed by atoms with Crippen molar-refractivity contribution < 1.29 is 4.79 Å². The van der Waals surface area contributed by atoms with E-state index in [-0.39, 0.29) is 6.03 Å². The SMILES string of the molecule is CN(C)C(=O)NCCn1c(CCCl)nc2cccc(Cl)c21. The van der Waals surface area contributed by atoms with Gasteiger partial charge in [-0.15, -0.1) is 11.6 Å². The van der Waals surface area contributed by atoms with Gasteiger partial charge in [0.15, 0.2) is 0 Å². The van der Waals surface area contributed by atoms with Crippen LogP contribution < -0.4 is 5.32 Å². The molecule has 5 nitrogen and oxygen atoms in total. The lowest BCUT2D eigenvalue weighted by molar-refractivity contribution is 0.217. The predicted octanol–water partition coefficient (Wildman–Crippen LogP) is 2.74. The van der Waals surface area contributed by atoms with Gasteiger partial charge in [-0.1, -0.05) is 17.7 Å². The fraction of sp³-hybridized carbons (Fsp3) is 0.429. The number of aromatic nitrogens is 2. The number of urea groups is 1. The fourth-order valence-electron chi connectivity index (χ4n) is 2.14. The summed E-state index contributed by atoms with van der Waals surface area (Å²) in [5.41, 5.74) is 1.74. The predicted molar refractivity (Wildman–Crippen MR) is 86.3 cm³/mol. The van der Waals surface area contributed by atoms with E-state index in [1.807, 2.05) is 22.8 Å². The van der Waals surface area contributed by atoms with E-state index in [1.54, 1.807) is 14.1 Å². The van der Waals surface area contributed by atoms with E-state index in [2.05, 4.69) is 10.3 Å². The number of carbonyl (C=O) groups is 1. The van der Waals surface area contributed by atoms with Crippen LogP contribution in [0.5, 0.6) is 0 Å². The molecular formula is C14H18Cl2N4O. The molecule has 0 saturated heterocycles. The Labute approximate surface area is 133 Å². The molecule has 1 aromatic heterocycles. The smallest absolute Gasteiger partial charge is 0.316 e. The van der Waals surface area contributed by atoms with Gasteiger partial charge >= 0.3 is 6.03 Å². The number of nitrogens with one attached hydrogen (secondary N) is 1. The van der Waals surface area contributed by atoms with Gasteiger partial charge in [-0.05, 0) is 12.1 Å². The number of benzene rings is 1. The Kier molecular flexibility index (Phi) is 5.31. The van der Waals surface area contributed by atoms with Crippen molar-refractivity contribution >= 4 is 40.3 Å². The number of para-hydroxylation sites is 1. The van der Waals surface area contributed by atoms with E-state index in [9.17, 15) is 4.79 Å². The van der Waals surface area contributed by atoms with Crippen molar-refractivity contribution in [2.75, 3.05) is 26.5 Å². The third-order valence-corrected chi connectivity index (χ3v) is 3.63. The molecule has 7 heteroatoms. The van der Waals surface area contributed by atoms with Gasteiger partial charge in [-0.2, -0.15) is 0 Å². The lowest BCUT2D eigenvalue weighted by atomic mass is 10.3. The molecule has 0 atom stereocenters. The summed E-state index contributed by atoms with van der Waals surface area (Å²) in [5.74, 6) is 1.37. The molecule has 0 fully saturated rings. The zero-order valence-electron chi connectivity index (χ0n) is 12.1. The summed E-state index contributed by atoms with van der Waals surface area (Å²) < 4.78 is 2.02. The van der Waals surface area contributed by atoms with E-state index < -0.39 is 0 Å². The number of fused-ring (bicyclic) bond motifs is 1. The van der Waals surface area contributed by atoms with Gasteiger partial charge in [0.25, 0.3) is 0 Å². The van der Waals surface area contributed by atoms with Crippen LogP contribution in [0.3, 0.4) is 0 Å². The number of imidazole rings is 1. The fourth-order valence-corrected chi connectivity index (χ4v) is 2.58. The van der Waals surface area contributed by atoms with Crippen molar-refractivity contribution in [3.8, 4) is 0 Å². The standard InChI is InChI=1S/C14H18Cl2N4O/c1-19(2)14(21)17-8-9-20-12(6-7-15)18-11-5-3-4-10(16)13(11)20/h3-5H,6-9H2,1-2H3,(H,17,21). The lowest BCUT2D eigenvalue weighted by Crippen LogP contribution is -2.36. The van der Waals surface area contributed by atoms with Crippen molar-refractivity contribution in [2.45, 2.75) is 13.0 Å². The Morgan fingerprint density at radius 3 is 2.86 bits per heavy atom. The van der Waals surface area contributed by atoms with Crippen molar-refractivity contribution in [3.63, 3.8) is 0 Å². The number of nitrogens with zero attached hydrogens (tertiary/aromatic N) is 3. The summed E-state index contributed by atoms with van der Waals surface area (Å²) in [7, 11) is 3.41. The summed E-state index contributed by atoms with van der Waals surface area (Å²) in [6.45, 7) is 1.11. The second-order valence-corrected chi connectivity index (χ2v) is 5.64. The minimum absolute atomic E-state index is 0.121. The van der Waals surface area contributed by atoms with Crippen LogP contribution in [0.15, 0.2) is 18.2 Å². The highest BCUT2D eigenvalue weighted by molar-refractivity contribution is 6.35. The van der Waals surface area contributed by atoms with Crippen LogP contribution in [-0.4, -0.2) is 47.0 Å². The van der Waals surface area contributed by atoms with E-state index in [1.165, 1.54) is 4.90 Å². The topological polar surface area (TPSA) is 50.2 Å². The van der Waals surface area contributed by atoms with Crippen molar-refractivity contribution in [2.24, 2.45) is 0 Å². The summed E-state index contributed by atoms with van der Waals surface area (Å²) in [5, 5.41) is 3.49. The number of carbonyl (C=O) groups excluding carboxylic acids is 1. The van der Waals surface area contributed by atoms with Gasteiger partial charge in [0.05, 0.1) is 16.1 Å². The Morgan fingerprint density at radius 1 is 1.43 bits per heavy atom. The van der Waals surface area contributed by atoms with Crippen LogP contribution in [0.2, 0.25) is 5.02 Å². The van der Waals surface area contributed by atoms with Crippen molar-refractivity contribution in [1.29, 1.82) is 0 Å². The molecule has 0 spiro atoms. The maximum absolute atomic E-state index is 11.6. The van der Waals surface area contributed by atoms with E-state index in [0.717, 1.165) is 16.9 Å². The molecule has 0 aliphatic heterocycles. The third-order valence-electron chi connectivity index (χ3n) is 3.13. The Morgan fingerprint density at radius 2 is 2.19 bits per heavy atom. The maximum Gasteiger partial charge on any atom is 0.316 e. The summed E-state index contributed by atoms with van der Waals surface area (Å²) in [6.07, 6.45) is 0.661. The molecule has 2 rings (SSSR count). The van der Waals surface area contributed by atoms with Gasteiger partial charge in [0.1, 0.15) is 5.82 Å². The molecule has 114 valence electrons. The Bertz CT molecular complexity index is 639.